The Morgan fingerprint density at radius 2 is 2.00 bits per heavy atom. The Balaban J connectivity index is 3.25. The molecule has 0 heterocycles. The van der Waals surface area contributed by atoms with Crippen molar-refractivity contribution in [2.75, 3.05) is 7.11 Å². The topological polar surface area (TPSA) is 59.3 Å². The summed E-state index contributed by atoms with van der Waals surface area (Å²) < 4.78 is 44.9. The number of Topliss-reactive ketones (excluding diaryl/α,β-unsaturated/α-hetero) is 1. The first kappa shape index (κ1) is 15.0. The van der Waals surface area contributed by atoms with E-state index in [1.165, 1.54) is 12.1 Å². The normalized spacial score (nSPS) is 14.3. The second kappa shape index (κ2) is 5.28. The Hall–Kier alpha value is -2.07. The van der Waals surface area contributed by atoms with Gasteiger partial charge in [0.15, 0.2) is 5.78 Å². The number of methoxy groups -OCH3 is 1. The Morgan fingerprint density at radius 3 is 2.42 bits per heavy atom. The standard InChI is InChI=1S/C12H10F3NO3/c1-8(17)11(7-16,18-2)9-4-3-5-10(6-9)19-12(13,14)15/h3-6H,1-2H3. The van der Waals surface area contributed by atoms with Crippen LogP contribution in [0, 0.1) is 11.3 Å². The van der Waals surface area contributed by atoms with E-state index in [9.17, 15) is 18.0 Å². The van der Waals surface area contributed by atoms with Gasteiger partial charge in [-0.25, -0.2) is 0 Å². The molecular weight excluding hydrogens is 263 g/mol. The first-order valence-corrected chi connectivity index (χ1v) is 5.09. The lowest BCUT2D eigenvalue weighted by molar-refractivity contribution is -0.274. The van der Waals surface area contributed by atoms with Gasteiger partial charge < -0.3 is 9.47 Å². The number of carbonyl (C=O) groups is 1. The van der Waals surface area contributed by atoms with Crippen molar-refractivity contribution in [1.29, 1.82) is 5.26 Å². The number of rotatable bonds is 4. The van der Waals surface area contributed by atoms with E-state index in [1.54, 1.807) is 6.07 Å². The Labute approximate surface area is 107 Å². The number of nitriles is 1. The molecule has 0 aliphatic carbocycles. The quantitative estimate of drug-likeness (QED) is 0.845. The first-order valence-electron chi connectivity index (χ1n) is 5.09. The minimum Gasteiger partial charge on any atom is -0.406 e. The van der Waals surface area contributed by atoms with Gasteiger partial charge in [-0.2, -0.15) is 5.26 Å². The molecule has 1 rings (SSSR count). The lowest BCUT2D eigenvalue weighted by Crippen LogP contribution is -2.34. The van der Waals surface area contributed by atoms with Gasteiger partial charge >= 0.3 is 6.36 Å². The van der Waals surface area contributed by atoms with Crippen molar-refractivity contribution in [3.63, 3.8) is 0 Å². The van der Waals surface area contributed by atoms with E-state index in [1.807, 2.05) is 0 Å². The summed E-state index contributed by atoms with van der Waals surface area (Å²) in [6, 6.07) is 6.23. The number of ether oxygens (including phenoxy) is 2. The molecule has 0 N–H and O–H groups in total. The molecule has 1 aromatic rings. The molecule has 4 nitrogen and oxygen atoms in total. The van der Waals surface area contributed by atoms with Crippen molar-refractivity contribution in [1.82, 2.24) is 0 Å². The third kappa shape index (κ3) is 3.23. The van der Waals surface area contributed by atoms with Gasteiger partial charge in [-0.1, -0.05) is 12.1 Å². The Bertz CT molecular complexity index is 522. The highest BCUT2D eigenvalue weighted by atomic mass is 19.4. The van der Waals surface area contributed by atoms with Crippen LogP contribution in [0.1, 0.15) is 12.5 Å². The van der Waals surface area contributed by atoms with Crippen molar-refractivity contribution in [3.8, 4) is 11.8 Å². The lowest BCUT2D eigenvalue weighted by Gasteiger charge is -2.22. The van der Waals surface area contributed by atoms with Gasteiger partial charge in [-0.05, 0) is 19.1 Å². The smallest absolute Gasteiger partial charge is 0.406 e. The van der Waals surface area contributed by atoms with Crippen LogP contribution in [0.5, 0.6) is 5.75 Å². The van der Waals surface area contributed by atoms with Crippen LogP contribution in [0.4, 0.5) is 13.2 Å². The van der Waals surface area contributed by atoms with Crippen LogP contribution in [0.3, 0.4) is 0 Å². The molecule has 0 fully saturated rings. The lowest BCUT2D eigenvalue weighted by atomic mass is 9.91. The van der Waals surface area contributed by atoms with Gasteiger partial charge in [0.25, 0.3) is 0 Å². The number of benzene rings is 1. The van der Waals surface area contributed by atoms with Crippen molar-refractivity contribution in [2.24, 2.45) is 0 Å². The van der Waals surface area contributed by atoms with Gasteiger partial charge in [0, 0.05) is 12.7 Å². The minimum absolute atomic E-state index is 0.0215. The summed E-state index contributed by atoms with van der Waals surface area (Å²) in [4.78, 5) is 11.5. The summed E-state index contributed by atoms with van der Waals surface area (Å²) >= 11 is 0. The van der Waals surface area contributed by atoms with Crippen LogP contribution in [-0.4, -0.2) is 19.3 Å². The molecule has 0 amide bonds. The minimum atomic E-state index is -4.85. The molecule has 102 valence electrons. The molecule has 0 saturated heterocycles. The summed E-state index contributed by atoms with van der Waals surface area (Å²) in [5.74, 6) is -1.16. The SMILES string of the molecule is COC(C#N)(C(C)=O)c1cccc(OC(F)(F)F)c1. The van der Waals surface area contributed by atoms with E-state index < -0.39 is 23.5 Å². The Kier molecular flexibility index (Phi) is 4.17. The fraction of sp³-hybridized carbons (Fsp3) is 0.333. The van der Waals surface area contributed by atoms with Gasteiger partial charge in [0.1, 0.15) is 11.8 Å². The van der Waals surface area contributed by atoms with Crippen LogP contribution < -0.4 is 4.74 Å². The number of nitrogens with zero attached hydrogens (tertiary/aromatic N) is 1. The third-order valence-corrected chi connectivity index (χ3v) is 2.43. The van der Waals surface area contributed by atoms with Gasteiger partial charge in [0.2, 0.25) is 5.60 Å². The molecule has 0 spiro atoms. The van der Waals surface area contributed by atoms with Gasteiger partial charge in [-0.15, -0.1) is 13.2 Å². The Morgan fingerprint density at radius 1 is 1.37 bits per heavy atom. The largest absolute Gasteiger partial charge is 0.573 e. The molecular formula is C12H10F3NO3. The highest BCUT2D eigenvalue weighted by Gasteiger charge is 2.39. The average molecular weight is 273 g/mol. The number of carbonyl (C=O) groups excluding carboxylic acids is 1. The second-order valence-electron chi connectivity index (χ2n) is 3.63. The zero-order chi connectivity index (χ0) is 14.7. The summed E-state index contributed by atoms with van der Waals surface area (Å²) in [6.45, 7) is 1.12. The van der Waals surface area contributed by atoms with Crippen LogP contribution in [0.2, 0.25) is 0 Å². The fourth-order valence-electron chi connectivity index (χ4n) is 1.57. The van der Waals surface area contributed by atoms with E-state index in [0.29, 0.717) is 0 Å². The maximum absolute atomic E-state index is 12.1. The predicted molar refractivity (Wildman–Crippen MR) is 58.1 cm³/mol. The molecule has 0 aromatic heterocycles. The van der Waals surface area contributed by atoms with Gasteiger partial charge in [-0.3, -0.25) is 4.79 Å². The first-order chi connectivity index (χ1) is 8.75. The summed E-state index contributed by atoms with van der Waals surface area (Å²) in [6.07, 6.45) is -4.85. The van der Waals surface area contributed by atoms with Crippen LogP contribution >= 0.6 is 0 Å². The molecule has 1 aromatic carbocycles. The van der Waals surface area contributed by atoms with Crippen molar-refractivity contribution < 1.29 is 27.4 Å². The summed E-state index contributed by atoms with van der Waals surface area (Å²) in [7, 11) is 1.13. The molecule has 0 saturated carbocycles. The number of ketones is 1. The molecule has 1 atom stereocenters. The van der Waals surface area contributed by atoms with E-state index >= 15 is 0 Å². The van der Waals surface area contributed by atoms with E-state index in [2.05, 4.69) is 4.74 Å². The molecule has 0 aliphatic heterocycles. The van der Waals surface area contributed by atoms with Crippen molar-refractivity contribution >= 4 is 5.78 Å². The van der Waals surface area contributed by atoms with Crippen molar-refractivity contribution in [3.05, 3.63) is 29.8 Å². The maximum atomic E-state index is 12.1. The molecule has 7 heteroatoms. The van der Waals surface area contributed by atoms with Crippen LogP contribution in [0.15, 0.2) is 24.3 Å². The van der Waals surface area contributed by atoms with E-state index in [0.717, 1.165) is 26.2 Å². The zero-order valence-electron chi connectivity index (χ0n) is 10.1. The number of alkyl halides is 3. The number of hydrogen-bond donors (Lipinski definition) is 0. The fourth-order valence-corrected chi connectivity index (χ4v) is 1.57. The predicted octanol–water partition coefficient (Wildman–Crippen LogP) is 2.54. The van der Waals surface area contributed by atoms with Crippen molar-refractivity contribution in [2.45, 2.75) is 18.9 Å². The maximum Gasteiger partial charge on any atom is 0.573 e. The highest BCUT2D eigenvalue weighted by molar-refractivity contribution is 5.89. The van der Waals surface area contributed by atoms with Crippen LogP contribution in [-0.2, 0) is 15.1 Å². The van der Waals surface area contributed by atoms with Gasteiger partial charge in [0.05, 0.1) is 0 Å². The third-order valence-electron chi connectivity index (χ3n) is 2.43. The zero-order valence-corrected chi connectivity index (χ0v) is 10.1. The average Bonchev–Trinajstić information content (AvgIpc) is 2.29. The monoisotopic (exact) mass is 273 g/mol. The molecule has 0 bridgehead atoms. The molecule has 0 radical (unpaired) electrons. The molecule has 0 aliphatic rings. The highest BCUT2D eigenvalue weighted by Crippen LogP contribution is 2.30. The second-order valence-corrected chi connectivity index (χ2v) is 3.63. The number of halogens is 3. The summed E-state index contributed by atoms with van der Waals surface area (Å²) in [5, 5.41) is 9.06. The molecule has 1 unspecified atom stereocenters. The molecule has 19 heavy (non-hydrogen) atoms. The summed E-state index contributed by atoms with van der Waals surface area (Å²) in [5.41, 5.74) is -1.96. The van der Waals surface area contributed by atoms with E-state index in [-0.39, 0.29) is 5.56 Å². The van der Waals surface area contributed by atoms with Crippen LogP contribution in [0.25, 0.3) is 0 Å². The number of hydrogen-bond acceptors (Lipinski definition) is 4. The van der Waals surface area contributed by atoms with E-state index in [4.69, 9.17) is 10.00 Å².